The Kier molecular flexibility index (Phi) is 3.84. The Morgan fingerprint density at radius 1 is 1.32 bits per heavy atom. The average molecular weight is 309 g/mol. The Hall–Kier alpha value is -1.99. The molecule has 0 bridgehead atoms. The fourth-order valence-corrected chi connectivity index (χ4v) is 2.45. The first-order valence-electron chi connectivity index (χ1n) is 7.08. The van der Waals surface area contributed by atoms with Crippen molar-refractivity contribution in [3.05, 3.63) is 36.3 Å². The first-order valence-corrected chi connectivity index (χ1v) is 7.08. The summed E-state index contributed by atoms with van der Waals surface area (Å²) < 4.78 is 42.9. The summed E-state index contributed by atoms with van der Waals surface area (Å²) in [6.07, 6.45) is 3.22. The van der Waals surface area contributed by atoms with Gasteiger partial charge in [0.1, 0.15) is 7.85 Å². The summed E-state index contributed by atoms with van der Waals surface area (Å²) in [6, 6.07) is 3.32. The van der Waals surface area contributed by atoms with Gasteiger partial charge >= 0.3 is 6.18 Å². The van der Waals surface area contributed by atoms with E-state index in [1.54, 1.807) is 18.5 Å². The highest BCUT2D eigenvalue weighted by molar-refractivity contribution is 6.31. The summed E-state index contributed by atoms with van der Waals surface area (Å²) in [4.78, 5) is 3.98. The van der Waals surface area contributed by atoms with Crippen LogP contribution in [-0.4, -0.2) is 35.4 Å². The molecule has 1 fully saturated rings. The predicted octanol–water partition coefficient (Wildman–Crippen LogP) is 1.48. The van der Waals surface area contributed by atoms with E-state index in [0.29, 0.717) is 5.92 Å². The zero-order chi connectivity index (χ0) is 15.7. The molecule has 0 saturated heterocycles. The lowest BCUT2D eigenvalue weighted by Gasteiger charge is -2.17. The first kappa shape index (κ1) is 14.9. The SMILES string of the molecule is Bc1cnn(C(c2ccc(OCC(F)(F)F)nc2)C2CC2)c1. The Balaban J connectivity index is 1.75. The van der Waals surface area contributed by atoms with Crippen molar-refractivity contribution in [2.75, 3.05) is 6.61 Å². The number of ether oxygens (including phenoxy) is 1. The zero-order valence-corrected chi connectivity index (χ0v) is 12.0. The molecule has 0 amide bonds. The van der Waals surface area contributed by atoms with E-state index in [9.17, 15) is 13.2 Å². The summed E-state index contributed by atoms with van der Waals surface area (Å²) in [5, 5.41) is 4.35. The van der Waals surface area contributed by atoms with Crippen molar-refractivity contribution in [1.29, 1.82) is 0 Å². The summed E-state index contributed by atoms with van der Waals surface area (Å²) >= 11 is 0. The van der Waals surface area contributed by atoms with Gasteiger partial charge in [-0.15, -0.1) is 0 Å². The molecule has 4 nitrogen and oxygen atoms in total. The van der Waals surface area contributed by atoms with Gasteiger partial charge in [0, 0.05) is 24.7 Å². The van der Waals surface area contributed by atoms with E-state index in [1.807, 2.05) is 18.7 Å². The second kappa shape index (κ2) is 5.66. The van der Waals surface area contributed by atoms with Crippen LogP contribution in [0.2, 0.25) is 0 Å². The molecule has 116 valence electrons. The van der Waals surface area contributed by atoms with Crippen molar-refractivity contribution in [1.82, 2.24) is 14.8 Å². The molecular formula is C14H15BF3N3O. The highest BCUT2D eigenvalue weighted by atomic mass is 19.4. The van der Waals surface area contributed by atoms with Crippen LogP contribution in [0.25, 0.3) is 0 Å². The van der Waals surface area contributed by atoms with Crippen LogP contribution in [0, 0.1) is 5.92 Å². The average Bonchev–Trinajstić information content (AvgIpc) is 3.19. The smallest absolute Gasteiger partial charge is 0.422 e. The molecule has 2 heterocycles. The number of hydrogen-bond acceptors (Lipinski definition) is 3. The molecule has 1 aliphatic carbocycles. The van der Waals surface area contributed by atoms with Gasteiger partial charge in [0.15, 0.2) is 6.61 Å². The second-order valence-electron chi connectivity index (χ2n) is 5.61. The molecule has 1 aliphatic rings. The third-order valence-electron chi connectivity index (χ3n) is 3.57. The number of halogens is 3. The van der Waals surface area contributed by atoms with E-state index in [-0.39, 0.29) is 11.9 Å². The van der Waals surface area contributed by atoms with Crippen molar-refractivity contribution in [2.45, 2.75) is 25.1 Å². The third-order valence-corrected chi connectivity index (χ3v) is 3.57. The van der Waals surface area contributed by atoms with E-state index in [1.165, 1.54) is 6.07 Å². The van der Waals surface area contributed by atoms with E-state index < -0.39 is 12.8 Å². The van der Waals surface area contributed by atoms with Gasteiger partial charge in [-0.25, -0.2) is 4.98 Å². The Morgan fingerprint density at radius 2 is 2.09 bits per heavy atom. The maximum atomic E-state index is 12.1. The molecular weight excluding hydrogens is 294 g/mol. The standard InChI is InChI=1S/C14H15BF3N3O/c15-11-6-20-21(7-11)13(9-1-2-9)10-3-4-12(19-5-10)22-8-14(16,17)18/h3-7,9,13H,1-2,8,15H2. The molecule has 1 unspecified atom stereocenters. The maximum Gasteiger partial charge on any atom is 0.422 e. The van der Waals surface area contributed by atoms with Crippen LogP contribution in [0.15, 0.2) is 30.7 Å². The van der Waals surface area contributed by atoms with Crippen LogP contribution in [0.3, 0.4) is 0 Å². The van der Waals surface area contributed by atoms with Gasteiger partial charge in [-0.1, -0.05) is 5.46 Å². The van der Waals surface area contributed by atoms with Crippen LogP contribution in [0.1, 0.15) is 24.4 Å². The molecule has 0 spiro atoms. The van der Waals surface area contributed by atoms with Gasteiger partial charge in [-0.3, -0.25) is 4.68 Å². The number of rotatable bonds is 5. The predicted molar refractivity (Wildman–Crippen MR) is 77.1 cm³/mol. The number of alkyl halides is 3. The lowest BCUT2D eigenvalue weighted by molar-refractivity contribution is -0.154. The van der Waals surface area contributed by atoms with E-state index in [0.717, 1.165) is 23.9 Å². The fourth-order valence-electron chi connectivity index (χ4n) is 2.45. The lowest BCUT2D eigenvalue weighted by Crippen LogP contribution is -2.20. The number of nitrogens with zero attached hydrogens (tertiary/aromatic N) is 3. The molecule has 0 aromatic carbocycles. The Morgan fingerprint density at radius 3 is 2.59 bits per heavy atom. The zero-order valence-electron chi connectivity index (χ0n) is 12.0. The molecule has 1 atom stereocenters. The molecule has 0 aliphatic heterocycles. The van der Waals surface area contributed by atoms with Crippen LogP contribution in [0.5, 0.6) is 5.88 Å². The topological polar surface area (TPSA) is 39.9 Å². The van der Waals surface area contributed by atoms with Crippen molar-refractivity contribution >= 4 is 13.3 Å². The Bertz CT molecular complexity index is 638. The van der Waals surface area contributed by atoms with Crippen LogP contribution in [-0.2, 0) is 0 Å². The molecule has 1 saturated carbocycles. The highest BCUT2D eigenvalue weighted by Crippen LogP contribution is 2.42. The number of aromatic nitrogens is 3. The summed E-state index contributed by atoms with van der Waals surface area (Å²) in [7, 11) is 1.97. The summed E-state index contributed by atoms with van der Waals surface area (Å²) in [5.41, 5.74) is 2.01. The van der Waals surface area contributed by atoms with E-state index in [4.69, 9.17) is 0 Å². The minimum atomic E-state index is -4.36. The molecule has 0 radical (unpaired) electrons. The monoisotopic (exact) mass is 309 g/mol. The minimum Gasteiger partial charge on any atom is -0.468 e. The maximum absolute atomic E-state index is 12.1. The molecule has 2 aromatic heterocycles. The number of pyridine rings is 1. The molecule has 2 aromatic rings. The minimum absolute atomic E-state index is 0.0210. The van der Waals surface area contributed by atoms with Crippen molar-refractivity contribution in [3.8, 4) is 5.88 Å². The van der Waals surface area contributed by atoms with E-state index >= 15 is 0 Å². The van der Waals surface area contributed by atoms with Gasteiger partial charge in [-0.2, -0.15) is 18.3 Å². The normalized spacial score (nSPS) is 16.5. The lowest BCUT2D eigenvalue weighted by atomic mass is 10.0. The van der Waals surface area contributed by atoms with E-state index in [2.05, 4.69) is 14.8 Å². The van der Waals surface area contributed by atoms with Gasteiger partial charge in [0.25, 0.3) is 0 Å². The summed E-state index contributed by atoms with van der Waals surface area (Å²) in [5.74, 6) is 0.482. The van der Waals surface area contributed by atoms with Crippen LogP contribution < -0.4 is 10.2 Å². The molecule has 8 heteroatoms. The number of hydrogen-bond donors (Lipinski definition) is 0. The van der Waals surface area contributed by atoms with Crippen molar-refractivity contribution in [2.24, 2.45) is 5.92 Å². The van der Waals surface area contributed by atoms with Gasteiger partial charge in [-0.05, 0) is 30.4 Å². The third kappa shape index (κ3) is 3.61. The van der Waals surface area contributed by atoms with Gasteiger partial charge in [0.2, 0.25) is 5.88 Å². The van der Waals surface area contributed by atoms with Crippen LogP contribution >= 0.6 is 0 Å². The van der Waals surface area contributed by atoms with Crippen LogP contribution in [0.4, 0.5) is 13.2 Å². The molecule has 22 heavy (non-hydrogen) atoms. The Labute approximate surface area is 126 Å². The summed E-state index contributed by atoms with van der Waals surface area (Å²) in [6.45, 7) is -1.33. The van der Waals surface area contributed by atoms with Crippen molar-refractivity contribution < 1.29 is 17.9 Å². The fraction of sp³-hybridized carbons (Fsp3) is 0.429. The van der Waals surface area contributed by atoms with Crippen molar-refractivity contribution in [3.63, 3.8) is 0 Å². The van der Waals surface area contributed by atoms with Gasteiger partial charge in [0.05, 0.1) is 6.04 Å². The second-order valence-corrected chi connectivity index (χ2v) is 5.61. The highest BCUT2D eigenvalue weighted by Gasteiger charge is 2.34. The van der Waals surface area contributed by atoms with Gasteiger partial charge < -0.3 is 4.74 Å². The molecule has 3 rings (SSSR count). The largest absolute Gasteiger partial charge is 0.468 e. The molecule has 0 N–H and O–H groups in total. The first-order chi connectivity index (χ1) is 10.4. The quantitative estimate of drug-likeness (QED) is 0.786.